The van der Waals surface area contributed by atoms with Gasteiger partial charge in [0.05, 0.1) is 0 Å². The molecular formula is C48H54Br4Si2. The lowest BCUT2D eigenvalue weighted by Crippen LogP contribution is -2.43. The number of hydrogen-bond donors (Lipinski definition) is 0. The Bertz CT molecular complexity index is 2120. The van der Waals surface area contributed by atoms with Crippen molar-refractivity contribution < 1.29 is 0 Å². The molecule has 6 heteroatoms. The van der Waals surface area contributed by atoms with E-state index in [-0.39, 0.29) is 0 Å². The van der Waals surface area contributed by atoms with Crippen molar-refractivity contribution in [3.63, 3.8) is 0 Å². The molecule has 5 rings (SSSR count). The van der Waals surface area contributed by atoms with Crippen molar-refractivity contribution in [3.05, 3.63) is 102 Å². The molecule has 0 saturated carbocycles. The quantitative estimate of drug-likeness (QED) is 0.107. The maximum absolute atomic E-state index is 4.31. The van der Waals surface area contributed by atoms with Crippen LogP contribution in [0.5, 0.6) is 0 Å². The van der Waals surface area contributed by atoms with Crippen LogP contribution in [0.1, 0.15) is 94.2 Å². The highest BCUT2D eigenvalue weighted by atomic mass is 79.9. The maximum Gasteiger partial charge on any atom is 0.146 e. The van der Waals surface area contributed by atoms with Crippen LogP contribution in [-0.2, 0) is 0 Å². The molecule has 0 bridgehead atoms. The van der Waals surface area contributed by atoms with Crippen molar-refractivity contribution in [2.24, 2.45) is 0 Å². The van der Waals surface area contributed by atoms with E-state index in [0.29, 0.717) is 33.2 Å². The zero-order chi connectivity index (χ0) is 39.9. The Morgan fingerprint density at radius 3 is 0.926 bits per heavy atom. The van der Waals surface area contributed by atoms with Gasteiger partial charge in [0.15, 0.2) is 0 Å². The molecule has 0 amide bonds. The van der Waals surface area contributed by atoms with Crippen LogP contribution in [-0.4, -0.2) is 16.1 Å². The lowest BCUT2D eigenvalue weighted by atomic mass is 9.89. The fourth-order valence-corrected chi connectivity index (χ4v) is 22.4. The minimum Gasteiger partial charge on any atom is -0.125 e. The molecule has 0 unspecified atom stereocenters. The average Bonchev–Trinajstić information content (AvgIpc) is 3.09. The van der Waals surface area contributed by atoms with Gasteiger partial charge in [-0.2, -0.15) is 0 Å². The third kappa shape index (κ3) is 7.84. The van der Waals surface area contributed by atoms with Crippen LogP contribution < -0.4 is 0 Å². The fraction of sp³-hybridized carbons (Fsp3) is 0.375. The lowest BCUT2D eigenvalue weighted by molar-refractivity contribution is 0.838. The third-order valence-corrected chi connectivity index (χ3v) is 27.6. The second-order valence-electron chi connectivity index (χ2n) is 16.8. The fourth-order valence-electron chi connectivity index (χ4n) is 9.45. The third-order valence-electron chi connectivity index (χ3n) is 12.1. The van der Waals surface area contributed by atoms with Crippen LogP contribution in [0.4, 0.5) is 0 Å². The Hall–Kier alpha value is -1.91. The van der Waals surface area contributed by atoms with Crippen molar-refractivity contribution in [3.8, 4) is 45.2 Å². The first kappa shape index (κ1) is 43.2. The molecule has 0 atom stereocenters. The zero-order valence-electron chi connectivity index (χ0n) is 33.9. The smallest absolute Gasteiger partial charge is 0.125 e. The Balaban J connectivity index is 2.06. The summed E-state index contributed by atoms with van der Waals surface area (Å²) in [5.41, 5.74) is 17.6. The van der Waals surface area contributed by atoms with Gasteiger partial charge in [-0.3, -0.25) is 0 Å². The Morgan fingerprint density at radius 1 is 0.407 bits per heavy atom. The molecule has 0 aromatic heterocycles. The van der Waals surface area contributed by atoms with Crippen molar-refractivity contribution >= 4 is 101 Å². The monoisotopic (exact) mass is 1000 g/mol. The second kappa shape index (κ2) is 17.3. The van der Waals surface area contributed by atoms with E-state index in [2.05, 4.69) is 243 Å². The first-order chi connectivity index (χ1) is 25.4. The highest BCUT2D eigenvalue weighted by Gasteiger charge is 2.43. The molecule has 282 valence electrons. The number of rotatable bonds is 8. The summed E-state index contributed by atoms with van der Waals surface area (Å²) in [7, 11) is -4.22. The molecular weight excluding hydrogens is 952 g/mol. The molecule has 5 aromatic rings. The molecule has 0 N–H and O–H groups in total. The zero-order valence-corrected chi connectivity index (χ0v) is 42.2. The van der Waals surface area contributed by atoms with E-state index in [4.69, 9.17) is 0 Å². The standard InChI is InChI=1S/C48H54Br4Si2/c1-29(2)53(30(3)4,31(5)6)23-21-39-45(41-25-35-17-13-15-19-37(35)27-43(41)49)48(52)40(22-24-54(32(7)8,33(9)10)34(11)12)46(47(39)51)42-26-36-18-14-16-20-38(36)28-44(42)50/h13-20,25-34H,1-12H3. The van der Waals surface area contributed by atoms with E-state index in [1.165, 1.54) is 21.5 Å². The topological polar surface area (TPSA) is 0 Å². The van der Waals surface area contributed by atoms with Gasteiger partial charge in [-0.25, -0.2) is 0 Å². The van der Waals surface area contributed by atoms with Crippen molar-refractivity contribution in [1.29, 1.82) is 0 Å². The van der Waals surface area contributed by atoms with Gasteiger partial charge in [0.2, 0.25) is 0 Å². The molecule has 0 nitrogen and oxygen atoms in total. The molecule has 0 radical (unpaired) electrons. The molecule has 54 heavy (non-hydrogen) atoms. The Morgan fingerprint density at radius 2 is 0.667 bits per heavy atom. The highest BCUT2D eigenvalue weighted by molar-refractivity contribution is 9.11. The summed E-state index contributed by atoms with van der Waals surface area (Å²) in [6.07, 6.45) is 0. The molecule has 0 aliphatic rings. The van der Waals surface area contributed by atoms with Crippen LogP contribution in [0, 0.1) is 22.9 Å². The van der Waals surface area contributed by atoms with Crippen molar-refractivity contribution in [1.82, 2.24) is 0 Å². The first-order valence-electron chi connectivity index (χ1n) is 19.4. The van der Waals surface area contributed by atoms with Gasteiger partial charge in [0.1, 0.15) is 16.1 Å². The van der Waals surface area contributed by atoms with Gasteiger partial charge in [0, 0.05) is 40.1 Å². The summed E-state index contributed by atoms with van der Waals surface area (Å²) < 4.78 is 4.04. The van der Waals surface area contributed by atoms with E-state index in [1.54, 1.807) is 0 Å². The van der Waals surface area contributed by atoms with Crippen LogP contribution in [0.25, 0.3) is 43.8 Å². The summed E-state index contributed by atoms with van der Waals surface area (Å²) in [5, 5.41) is 4.76. The number of halogens is 4. The second-order valence-corrected chi connectivity index (χ2v) is 31.2. The Kier molecular flexibility index (Phi) is 13.8. The number of fused-ring (bicyclic) bond motifs is 2. The summed E-state index contributed by atoms with van der Waals surface area (Å²) in [5.74, 6) is 7.92. The Labute approximate surface area is 361 Å². The van der Waals surface area contributed by atoms with Crippen LogP contribution in [0.2, 0.25) is 33.2 Å². The molecule has 0 fully saturated rings. The maximum atomic E-state index is 4.31. The highest BCUT2D eigenvalue weighted by Crippen LogP contribution is 2.50. The van der Waals surface area contributed by atoms with Gasteiger partial charge in [0.25, 0.3) is 0 Å². The van der Waals surface area contributed by atoms with Crippen LogP contribution >= 0.6 is 63.7 Å². The van der Waals surface area contributed by atoms with Crippen LogP contribution in [0.3, 0.4) is 0 Å². The van der Waals surface area contributed by atoms with Gasteiger partial charge >= 0.3 is 0 Å². The molecule has 0 aliphatic carbocycles. The van der Waals surface area contributed by atoms with Crippen molar-refractivity contribution in [2.45, 2.75) is 116 Å². The van der Waals surface area contributed by atoms with Gasteiger partial charge in [-0.15, -0.1) is 11.1 Å². The lowest BCUT2D eigenvalue weighted by Gasteiger charge is -2.38. The molecule has 0 aliphatic heterocycles. The molecule has 0 heterocycles. The van der Waals surface area contributed by atoms with Crippen molar-refractivity contribution in [2.75, 3.05) is 0 Å². The average molecular weight is 1010 g/mol. The largest absolute Gasteiger partial charge is 0.146 e. The molecule has 0 spiro atoms. The van der Waals surface area contributed by atoms with Crippen LogP contribution in [0.15, 0.2) is 90.7 Å². The first-order valence-corrected chi connectivity index (χ1v) is 27.0. The number of hydrogen-bond acceptors (Lipinski definition) is 0. The summed E-state index contributed by atoms with van der Waals surface area (Å²) in [6, 6.07) is 26.3. The van der Waals surface area contributed by atoms with E-state index in [1.807, 2.05) is 0 Å². The van der Waals surface area contributed by atoms with Gasteiger partial charge in [-0.05, 0) is 122 Å². The van der Waals surface area contributed by atoms with Gasteiger partial charge < -0.3 is 0 Å². The normalized spacial score (nSPS) is 12.4. The minimum absolute atomic E-state index is 0.503. The molecule has 5 aromatic carbocycles. The minimum atomic E-state index is -2.11. The summed E-state index contributed by atoms with van der Waals surface area (Å²) in [4.78, 5) is 0. The molecule has 0 saturated heterocycles. The van der Waals surface area contributed by atoms with E-state index >= 15 is 0 Å². The summed E-state index contributed by atoms with van der Waals surface area (Å²) >= 11 is 16.7. The summed E-state index contributed by atoms with van der Waals surface area (Å²) in [6.45, 7) is 28.6. The number of benzene rings is 5. The predicted octanol–water partition coefficient (Wildman–Crippen LogP) is 17.5. The SMILES string of the molecule is CC(C)[Si](C#Cc1c(Br)c(-c2cc3ccccc3cc2Br)c(C#C[Si](C(C)C)(C(C)C)C(C)C)c(Br)c1-c1cc2ccccc2cc1Br)(C(C)C)C(C)C. The van der Waals surface area contributed by atoms with E-state index in [9.17, 15) is 0 Å². The predicted molar refractivity (Wildman–Crippen MR) is 259 cm³/mol. The van der Waals surface area contributed by atoms with E-state index in [0.717, 1.165) is 51.3 Å². The van der Waals surface area contributed by atoms with E-state index < -0.39 is 16.1 Å². The van der Waals surface area contributed by atoms with Gasteiger partial charge in [-0.1, -0.05) is 175 Å².